The number of hydrogen-bond donors (Lipinski definition) is 0. The summed E-state index contributed by atoms with van der Waals surface area (Å²) in [5.74, 6) is -0.364. The van der Waals surface area contributed by atoms with Gasteiger partial charge in [-0.15, -0.1) is 5.10 Å². The molecule has 7 heteroatoms. The lowest BCUT2D eigenvalue weighted by molar-refractivity contribution is -0.129. The molecular formula is C19H19FN4OS. The molecule has 1 aromatic heterocycles. The van der Waals surface area contributed by atoms with E-state index in [4.69, 9.17) is 0 Å². The molecule has 0 saturated heterocycles. The summed E-state index contributed by atoms with van der Waals surface area (Å²) in [5.41, 5.74) is 1.67. The summed E-state index contributed by atoms with van der Waals surface area (Å²) in [6.45, 7) is 2.17. The van der Waals surface area contributed by atoms with Gasteiger partial charge in [0, 0.05) is 13.6 Å². The van der Waals surface area contributed by atoms with Gasteiger partial charge in [0.1, 0.15) is 12.1 Å². The van der Waals surface area contributed by atoms with Crippen molar-refractivity contribution in [1.29, 1.82) is 0 Å². The van der Waals surface area contributed by atoms with E-state index in [9.17, 15) is 9.18 Å². The summed E-state index contributed by atoms with van der Waals surface area (Å²) in [6, 6.07) is 15.9. The number of amides is 1. The van der Waals surface area contributed by atoms with Crippen molar-refractivity contribution in [1.82, 2.24) is 19.7 Å². The molecule has 26 heavy (non-hydrogen) atoms. The van der Waals surface area contributed by atoms with Gasteiger partial charge in [-0.25, -0.2) is 14.1 Å². The number of thioether (sulfide) groups is 1. The molecule has 0 aliphatic heterocycles. The molecule has 0 radical (unpaired) electrons. The minimum Gasteiger partial charge on any atom is -0.340 e. The smallest absolute Gasteiger partial charge is 0.235 e. The number of hydrogen-bond acceptors (Lipinski definition) is 4. The number of rotatable bonds is 6. The van der Waals surface area contributed by atoms with Crippen molar-refractivity contribution in [2.75, 3.05) is 7.05 Å². The van der Waals surface area contributed by atoms with E-state index in [1.165, 1.54) is 23.9 Å². The van der Waals surface area contributed by atoms with E-state index in [1.807, 2.05) is 37.3 Å². The van der Waals surface area contributed by atoms with E-state index in [0.29, 0.717) is 11.7 Å². The van der Waals surface area contributed by atoms with Crippen molar-refractivity contribution in [3.8, 4) is 5.69 Å². The third-order valence-electron chi connectivity index (χ3n) is 3.81. The molecule has 134 valence electrons. The van der Waals surface area contributed by atoms with E-state index in [1.54, 1.807) is 35.1 Å². The van der Waals surface area contributed by atoms with Crippen LogP contribution in [-0.2, 0) is 11.3 Å². The number of benzene rings is 2. The molecule has 0 aliphatic rings. The van der Waals surface area contributed by atoms with Crippen LogP contribution in [0.25, 0.3) is 5.69 Å². The Morgan fingerprint density at radius 3 is 2.73 bits per heavy atom. The summed E-state index contributed by atoms with van der Waals surface area (Å²) in [7, 11) is 1.71. The molecule has 0 unspecified atom stereocenters. The van der Waals surface area contributed by atoms with Gasteiger partial charge in [-0.2, -0.15) is 0 Å². The standard InChI is InChI=1S/C19H19FN4OS/c1-14(18(25)23(2)12-15-7-6-8-16(20)11-15)26-19-21-13-24(22-19)17-9-4-3-5-10-17/h3-11,13-14H,12H2,1-2H3/t14-/m1/s1. The molecule has 2 aromatic carbocycles. The van der Waals surface area contributed by atoms with Gasteiger partial charge in [-0.1, -0.05) is 42.1 Å². The maximum atomic E-state index is 13.3. The van der Waals surface area contributed by atoms with Gasteiger partial charge in [-0.3, -0.25) is 4.79 Å². The van der Waals surface area contributed by atoms with Crippen molar-refractivity contribution in [3.63, 3.8) is 0 Å². The van der Waals surface area contributed by atoms with Gasteiger partial charge < -0.3 is 4.90 Å². The van der Waals surface area contributed by atoms with Crippen LogP contribution in [0, 0.1) is 5.82 Å². The molecule has 0 spiro atoms. The highest BCUT2D eigenvalue weighted by molar-refractivity contribution is 8.00. The van der Waals surface area contributed by atoms with Gasteiger partial charge >= 0.3 is 0 Å². The zero-order valence-electron chi connectivity index (χ0n) is 14.5. The SMILES string of the molecule is C[C@@H](Sc1ncn(-c2ccccc2)n1)C(=O)N(C)Cc1cccc(F)c1. The van der Waals surface area contributed by atoms with E-state index in [2.05, 4.69) is 10.1 Å². The lowest BCUT2D eigenvalue weighted by Gasteiger charge is -2.20. The third kappa shape index (κ3) is 4.49. The Balaban J connectivity index is 1.61. The number of aromatic nitrogens is 3. The van der Waals surface area contributed by atoms with Crippen molar-refractivity contribution < 1.29 is 9.18 Å². The lowest BCUT2D eigenvalue weighted by Crippen LogP contribution is -2.32. The van der Waals surface area contributed by atoms with E-state index in [-0.39, 0.29) is 17.0 Å². The number of carbonyl (C=O) groups is 1. The molecule has 3 rings (SSSR count). The van der Waals surface area contributed by atoms with Crippen LogP contribution in [0.15, 0.2) is 66.1 Å². The number of nitrogens with zero attached hydrogens (tertiary/aromatic N) is 4. The van der Waals surface area contributed by atoms with E-state index < -0.39 is 0 Å². The highest BCUT2D eigenvalue weighted by atomic mass is 32.2. The normalized spacial score (nSPS) is 12.0. The van der Waals surface area contributed by atoms with Crippen molar-refractivity contribution in [2.24, 2.45) is 0 Å². The molecular weight excluding hydrogens is 351 g/mol. The Bertz CT molecular complexity index is 884. The first-order chi connectivity index (χ1) is 12.5. The zero-order chi connectivity index (χ0) is 18.5. The molecule has 0 fully saturated rings. The van der Waals surface area contributed by atoms with Crippen molar-refractivity contribution in [2.45, 2.75) is 23.9 Å². The predicted molar refractivity (Wildman–Crippen MR) is 99.6 cm³/mol. The highest BCUT2D eigenvalue weighted by Gasteiger charge is 2.21. The van der Waals surface area contributed by atoms with Gasteiger partial charge in [0.2, 0.25) is 11.1 Å². The molecule has 0 aliphatic carbocycles. The summed E-state index contributed by atoms with van der Waals surface area (Å²) in [5, 5.41) is 4.59. The quantitative estimate of drug-likeness (QED) is 0.623. The second-order valence-electron chi connectivity index (χ2n) is 5.89. The largest absolute Gasteiger partial charge is 0.340 e. The summed E-state index contributed by atoms with van der Waals surface area (Å²) >= 11 is 1.30. The molecule has 1 heterocycles. The molecule has 0 saturated carbocycles. The van der Waals surface area contributed by atoms with Crippen molar-refractivity contribution in [3.05, 3.63) is 72.3 Å². The van der Waals surface area contributed by atoms with Gasteiger partial charge in [0.05, 0.1) is 10.9 Å². The first-order valence-electron chi connectivity index (χ1n) is 8.16. The summed E-state index contributed by atoms with van der Waals surface area (Å²) in [4.78, 5) is 18.4. The maximum Gasteiger partial charge on any atom is 0.235 e. The third-order valence-corrected chi connectivity index (χ3v) is 4.76. The van der Waals surface area contributed by atoms with Crippen LogP contribution in [-0.4, -0.2) is 37.9 Å². The van der Waals surface area contributed by atoms with Crippen LogP contribution in [0.3, 0.4) is 0 Å². The topological polar surface area (TPSA) is 51.0 Å². The minimum absolute atomic E-state index is 0.0599. The van der Waals surface area contributed by atoms with E-state index >= 15 is 0 Å². The van der Waals surface area contributed by atoms with Crippen LogP contribution < -0.4 is 0 Å². The van der Waals surface area contributed by atoms with E-state index in [0.717, 1.165) is 11.3 Å². The van der Waals surface area contributed by atoms with Crippen LogP contribution >= 0.6 is 11.8 Å². The molecule has 1 amide bonds. The zero-order valence-corrected chi connectivity index (χ0v) is 15.4. The highest BCUT2D eigenvalue weighted by Crippen LogP contribution is 2.22. The second kappa shape index (κ2) is 8.14. The first kappa shape index (κ1) is 18.1. The fraction of sp³-hybridized carbons (Fsp3) is 0.211. The molecule has 5 nitrogen and oxygen atoms in total. The number of para-hydroxylation sites is 1. The average molecular weight is 370 g/mol. The average Bonchev–Trinajstić information content (AvgIpc) is 3.10. The monoisotopic (exact) mass is 370 g/mol. The molecule has 0 N–H and O–H groups in total. The summed E-state index contributed by atoms with van der Waals surface area (Å²) in [6.07, 6.45) is 1.63. The van der Waals surface area contributed by atoms with Crippen LogP contribution in [0.2, 0.25) is 0 Å². The maximum absolute atomic E-state index is 13.3. The summed E-state index contributed by atoms with van der Waals surface area (Å²) < 4.78 is 15.0. The Morgan fingerprint density at radius 2 is 2.00 bits per heavy atom. The van der Waals surface area contributed by atoms with Crippen LogP contribution in [0.1, 0.15) is 12.5 Å². The molecule has 0 bridgehead atoms. The molecule has 3 aromatic rings. The Hall–Kier alpha value is -2.67. The van der Waals surface area contributed by atoms with Gasteiger partial charge in [0.25, 0.3) is 0 Å². The van der Waals surface area contributed by atoms with Gasteiger partial charge in [-0.05, 0) is 36.8 Å². The Morgan fingerprint density at radius 1 is 1.23 bits per heavy atom. The van der Waals surface area contributed by atoms with Crippen molar-refractivity contribution >= 4 is 17.7 Å². The predicted octanol–water partition coefficient (Wildman–Crippen LogP) is 3.55. The Labute approximate surface area is 155 Å². The number of carbonyl (C=O) groups excluding carboxylic acids is 1. The fourth-order valence-corrected chi connectivity index (χ4v) is 3.35. The second-order valence-corrected chi connectivity index (χ2v) is 7.20. The number of halogens is 1. The minimum atomic E-state index is -0.347. The first-order valence-corrected chi connectivity index (χ1v) is 9.04. The van der Waals surface area contributed by atoms with Crippen LogP contribution in [0.5, 0.6) is 0 Å². The van der Waals surface area contributed by atoms with Crippen LogP contribution in [0.4, 0.5) is 4.39 Å². The molecule has 1 atom stereocenters. The fourth-order valence-electron chi connectivity index (χ4n) is 2.51. The lowest BCUT2D eigenvalue weighted by atomic mass is 10.2. The van der Waals surface area contributed by atoms with Gasteiger partial charge in [0.15, 0.2) is 0 Å². The Kier molecular flexibility index (Phi) is 5.68.